The van der Waals surface area contributed by atoms with E-state index >= 15 is 0 Å². The average molecular weight is 266 g/mol. The molecule has 0 saturated heterocycles. The average Bonchev–Trinajstić information content (AvgIpc) is 2.30. The number of halogens is 2. The van der Waals surface area contributed by atoms with Crippen LogP contribution in [0.15, 0.2) is 36.4 Å². The SMILES string of the molecule is Nc1ccccc1Oc1cc(F)cc(F)c1[N+](=O)[O-]. The Balaban J connectivity index is 2.51. The van der Waals surface area contributed by atoms with E-state index in [4.69, 9.17) is 10.5 Å². The second-order valence-corrected chi connectivity index (χ2v) is 3.63. The summed E-state index contributed by atoms with van der Waals surface area (Å²) in [6, 6.07) is 7.28. The van der Waals surface area contributed by atoms with Gasteiger partial charge in [-0.15, -0.1) is 0 Å². The van der Waals surface area contributed by atoms with E-state index in [0.29, 0.717) is 6.07 Å². The molecule has 2 aromatic carbocycles. The molecule has 2 rings (SSSR count). The van der Waals surface area contributed by atoms with Gasteiger partial charge in [-0.3, -0.25) is 10.1 Å². The summed E-state index contributed by atoms with van der Waals surface area (Å²) in [5.74, 6) is -2.75. The van der Waals surface area contributed by atoms with Gasteiger partial charge in [0.15, 0.2) is 5.75 Å². The Morgan fingerprint density at radius 2 is 1.84 bits per heavy atom. The molecule has 5 nitrogen and oxygen atoms in total. The highest BCUT2D eigenvalue weighted by Gasteiger charge is 2.24. The molecule has 0 heterocycles. The lowest BCUT2D eigenvalue weighted by Gasteiger charge is -2.08. The Bertz CT molecular complexity index is 647. The van der Waals surface area contributed by atoms with Crippen LogP contribution < -0.4 is 10.5 Å². The Labute approximate surface area is 106 Å². The third-order valence-electron chi connectivity index (χ3n) is 2.31. The maximum absolute atomic E-state index is 13.4. The predicted octanol–water partition coefficient (Wildman–Crippen LogP) is 3.25. The molecule has 0 fully saturated rings. The van der Waals surface area contributed by atoms with Gasteiger partial charge < -0.3 is 10.5 Å². The molecule has 7 heteroatoms. The van der Waals surface area contributed by atoms with Crippen LogP contribution in [0, 0.1) is 21.7 Å². The quantitative estimate of drug-likeness (QED) is 0.525. The van der Waals surface area contributed by atoms with Crippen molar-refractivity contribution in [2.24, 2.45) is 0 Å². The standard InChI is InChI=1S/C12H8F2N2O3/c13-7-5-8(14)12(16(17)18)11(6-7)19-10-4-2-1-3-9(10)15/h1-6H,15H2. The molecule has 0 atom stereocenters. The van der Waals surface area contributed by atoms with E-state index in [1.807, 2.05) is 0 Å². The normalized spacial score (nSPS) is 10.2. The van der Waals surface area contributed by atoms with E-state index < -0.39 is 28.0 Å². The number of hydrogen-bond acceptors (Lipinski definition) is 4. The first-order chi connectivity index (χ1) is 8.99. The van der Waals surface area contributed by atoms with Gasteiger partial charge >= 0.3 is 5.69 Å². The lowest BCUT2D eigenvalue weighted by atomic mass is 10.2. The van der Waals surface area contributed by atoms with Crippen LogP contribution in [0.4, 0.5) is 20.2 Å². The molecule has 0 aliphatic heterocycles. The molecule has 0 aromatic heterocycles. The number of rotatable bonds is 3. The number of nitrogen functional groups attached to an aromatic ring is 1. The van der Waals surface area contributed by atoms with Crippen molar-refractivity contribution in [3.63, 3.8) is 0 Å². The molecular weight excluding hydrogens is 258 g/mol. The van der Waals surface area contributed by atoms with Gasteiger partial charge in [0.1, 0.15) is 5.82 Å². The molecule has 2 N–H and O–H groups in total. The molecule has 0 amide bonds. The Hall–Kier alpha value is -2.70. The summed E-state index contributed by atoms with van der Waals surface area (Å²) < 4.78 is 31.6. The molecule has 2 aromatic rings. The van der Waals surface area contributed by atoms with Crippen LogP contribution in [0.3, 0.4) is 0 Å². The molecule has 0 spiro atoms. The van der Waals surface area contributed by atoms with Crippen LogP contribution in [-0.2, 0) is 0 Å². The molecule has 98 valence electrons. The molecule has 19 heavy (non-hydrogen) atoms. The van der Waals surface area contributed by atoms with Crippen molar-refractivity contribution in [1.29, 1.82) is 0 Å². The van der Waals surface area contributed by atoms with Gasteiger partial charge in [-0.1, -0.05) is 12.1 Å². The number of ether oxygens (including phenoxy) is 1. The van der Waals surface area contributed by atoms with E-state index in [0.717, 1.165) is 6.07 Å². The van der Waals surface area contributed by atoms with Crippen molar-refractivity contribution in [1.82, 2.24) is 0 Å². The predicted molar refractivity (Wildman–Crippen MR) is 63.9 cm³/mol. The highest BCUT2D eigenvalue weighted by molar-refractivity contribution is 5.56. The van der Waals surface area contributed by atoms with E-state index in [1.165, 1.54) is 12.1 Å². The van der Waals surface area contributed by atoms with Gasteiger partial charge in [-0.25, -0.2) is 4.39 Å². The summed E-state index contributed by atoms with van der Waals surface area (Å²) >= 11 is 0. The summed E-state index contributed by atoms with van der Waals surface area (Å²) in [6.45, 7) is 0. The van der Waals surface area contributed by atoms with Gasteiger partial charge in [0.25, 0.3) is 0 Å². The molecule has 0 radical (unpaired) electrons. The zero-order valence-corrected chi connectivity index (χ0v) is 9.47. The topological polar surface area (TPSA) is 78.4 Å². The van der Waals surface area contributed by atoms with E-state index in [9.17, 15) is 18.9 Å². The van der Waals surface area contributed by atoms with Crippen molar-refractivity contribution in [3.05, 3.63) is 58.1 Å². The lowest BCUT2D eigenvalue weighted by molar-refractivity contribution is -0.388. The Morgan fingerprint density at radius 1 is 1.16 bits per heavy atom. The fourth-order valence-corrected chi connectivity index (χ4v) is 1.49. The minimum absolute atomic E-state index is 0.0793. The summed E-state index contributed by atoms with van der Waals surface area (Å²) in [7, 11) is 0. The summed E-state index contributed by atoms with van der Waals surface area (Å²) in [5.41, 5.74) is 4.84. The van der Waals surface area contributed by atoms with Crippen LogP contribution >= 0.6 is 0 Å². The first-order valence-electron chi connectivity index (χ1n) is 5.15. The van der Waals surface area contributed by atoms with Crippen LogP contribution in [0.25, 0.3) is 0 Å². The van der Waals surface area contributed by atoms with Crippen molar-refractivity contribution < 1.29 is 18.4 Å². The van der Waals surface area contributed by atoms with Gasteiger partial charge in [0, 0.05) is 12.1 Å². The van der Waals surface area contributed by atoms with Crippen LogP contribution in [0.1, 0.15) is 0 Å². The number of nitrogens with two attached hydrogens (primary N) is 1. The van der Waals surface area contributed by atoms with Gasteiger partial charge in [0.05, 0.1) is 10.6 Å². The van der Waals surface area contributed by atoms with Crippen molar-refractivity contribution in [2.75, 3.05) is 5.73 Å². The molecule has 0 saturated carbocycles. The smallest absolute Gasteiger partial charge is 0.347 e. The summed E-state index contributed by atoms with van der Waals surface area (Å²) in [5, 5.41) is 10.8. The van der Waals surface area contributed by atoms with E-state index in [-0.39, 0.29) is 11.4 Å². The summed E-state index contributed by atoms with van der Waals surface area (Å²) in [4.78, 5) is 9.78. The fraction of sp³-hybridized carbons (Fsp3) is 0. The van der Waals surface area contributed by atoms with E-state index in [1.54, 1.807) is 12.1 Å². The van der Waals surface area contributed by atoms with Crippen molar-refractivity contribution in [2.45, 2.75) is 0 Å². The van der Waals surface area contributed by atoms with Gasteiger partial charge in [0.2, 0.25) is 11.6 Å². The van der Waals surface area contributed by atoms with E-state index in [2.05, 4.69) is 0 Å². The minimum Gasteiger partial charge on any atom is -0.448 e. The molecule has 0 aliphatic carbocycles. The van der Waals surface area contributed by atoms with Gasteiger partial charge in [-0.05, 0) is 12.1 Å². The second-order valence-electron chi connectivity index (χ2n) is 3.63. The first-order valence-corrected chi connectivity index (χ1v) is 5.15. The second kappa shape index (κ2) is 4.89. The van der Waals surface area contributed by atoms with Gasteiger partial charge in [-0.2, -0.15) is 4.39 Å². The highest BCUT2D eigenvalue weighted by Crippen LogP contribution is 2.36. The number of nitrogens with zero attached hydrogens (tertiary/aromatic N) is 1. The number of anilines is 1. The van der Waals surface area contributed by atoms with Crippen LogP contribution in [-0.4, -0.2) is 4.92 Å². The highest BCUT2D eigenvalue weighted by atomic mass is 19.1. The monoisotopic (exact) mass is 266 g/mol. The zero-order chi connectivity index (χ0) is 14.0. The third-order valence-corrected chi connectivity index (χ3v) is 2.31. The summed E-state index contributed by atoms with van der Waals surface area (Å²) in [6.07, 6.45) is 0. The van der Waals surface area contributed by atoms with Crippen LogP contribution in [0.5, 0.6) is 11.5 Å². The molecular formula is C12H8F2N2O3. The third kappa shape index (κ3) is 2.59. The Morgan fingerprint density at radius 3 is 2.47 bits per heavy atom. The number of hydrogen-bond donors (Lipinski definition) is 1. The maximum Gasteiger partial charge on any atom is 0.347 e. The van der Waals surface area contributed by atoms with Crippen molar-refractivity contribution in [3.8, 4) is 11.5 Å². The molecule has 0 unspecified atom stereocenters. The number of para-hydroxylation sites is 2. The molecule has 0 aliphatic rings. The molecule has 0 bridgehead atoms. The zero-order valence-electron chi connectivity index (χ0n) is 9.47. The number of nitro benzene ring substituents is 1. The minimum atomic E-state index is -1.31. The number of nitro groups is 1. The maximum atomic E-state index is 13.4. The first kappa shape index (κ1) is 12.7. The largest absolute Gasteiger partial charge is 0.448 e. The van der Waals surface area contributed by atoms with Crippen molar-refractivity contribution >= 4 is 11.4 Å². The Kier molecular flexibility index (Phi) is 3.28. The lowest BCUT2D eigenvalue weighted by Crippen LogP contribution is -1.99. The number of benzene rings is 2. The fourth-order valence-electron chi connectivity index (χ4n) is 1.49. The van der Waals surface area contributed by atoms with Crippen LogP contribution in [0.2, 0.25) is 0 Å².